The van der Waals surface area contributed by atoms with Gasteiger partial charge in [-0.15, -0.1) is 0 Å². The Morgan fingerprint density at radius 3 is 2.80 bits per heavy atom. The van der Waals surface area contributed by atoms with Crippen molar-refractivity contribution >= 4 is 0 Å². The topological polar surface area (TPSA) is 50.5 Å². The second-order valence-electron chi connectivity index (χ2n) is 7.44. The summed E-state index contributed by atoms with van der Waals surface area (Å²) in [5.74, 6) is 1.37. The number of aromatic nitrogens is 2. The standard InChI is InChI=1S/C20H27N3O2/c1-14-3-6-18(11-15(14)2)25-10-9-22-7-8-23-17(13-22)12-19(21-23)20(24)16-4-5-16/h3,6,11-12,16,20,24H,4-5,7-10,13H2,1-2H3/t20-/m0/s1. The van der Waals surface area contributed by atoms with Crippen LogP contribution in [0.15, 0.2) is 24.3 Å². The third-order valence-electron chi connectivity index (χ3n) is 5.42. The van der Waals surface area contributed by atoms with Gasteiger partial charge >= 0.3 is 0 Å². The van der Waals surface area contributed by atoms with Crippen molar-refractivity contribution in [2.24, 2.45) is 5.92 Å². The lowest BCUT2D eigenvalue weighted by molar-refractivity contribution is 0.147. The molecule has 0 saturated heterocycles. The van der Waals surface area contributed by atoms with Crippen molar-refractivity contribution < 1.29 is 9.84 Å². The highest BCUT2D eigenvalue weighted by Crippen LogP contribution is 2.40. The zero-order valence-corrected chi connectivity index (χ0v) is 15.1. The summed E-state index contributed by atoms with van der Waals surface area (Å²) in [5, 5.41) is 14.9. The Hall–Kier alpha value is -1.85. The second kappa shape index (κ2) is 6.81. The molecular weight excluding hydrogens is 314 g/mol. The van der Waals surface area contributed by atoms with E-state index in [1.54, 1.807) is 0 Å². The van der Waals surface area contributed by atoms with Crippen molar-refractivity contribution in [3.63, 3.8) is 0 Å². The van der Waals surface area contributed by atoms with E-state index in [9.17, 15) is 5.11 Å². The van der Waals surface area contributed by atoms with Crippen LogP contribution < -0.4 is 4.74 Å². The predicted molar refractivity (Wildman–Crippen MR) is 96.6 cm³/mol. The quantitative estimate of drug-likeness (QED) is 0.878. The third-order valence-corrected chi connectivity index (χ3v) is 5.42. The van der Waals surface area contributed by atoms with Gasteiger partial charge in [0.2, 0.25) is 0 Å². The van der Waals surface area contributed by atoms with Crippen molar-refractivity contribution in [1.29, 1.82) is 0 Å². The lowest BCUT2D eigenvalue weighted by Crippen LogP contribution is -2.36. The van der Waals surface area contributed by atoms with Crippen molar-refractivity contribution in [3.05, 3.63) is 46.8 Å². The molecule has 25 heavy (non-hydrogen) atoms. The van der Waals surface area contributed by atoms with E-state index in [0.717, 1.165) is 50.5 Å². The first-order valence-corrected chi connectivity index (χ1v) is 9.27. The molecule has 5 heteroatoms. The molecule has 0 amide bonds. The molecule has 1 atom stereocenters. The van der Waals surface area contributed by atoms with Crippen LogP contribution >= 0.6 is 0 Å². The van der Waals surface area contributed by atoms with Gasteiger partial charge in [0, 0.05) is 19.6 Å². The molecule has 0 radical (unpaired) electrons. The van der Waals surface area contributed by atoms with E-state index < -0.39 is 0 Å². The van der Waals surface area contributed by atoms with Crippen molar-refractivity contribution in [2.75, 3.05) is 19.7 Å². The number of benzene rings is 1. The Balaban J connectivity index is 1.30. The molecule has 1 aliphatic carbocycles. The summed E-state index contributed by atoms with van der Waals surface area (Å²) in [6, 6.07) is 8.33. The van der Waals surface area contributed by atoms with Crippen LogP contribution in [0.3, 0.4) is 0 Å². The summed E-state index contributed by atoms with van der Waals surface area (Å²) in [4.78, 5) is 2.39. The number of rotatable bonds is 6. The summed E-state index contributed by atoms with van der Waals surface area (Å²) in [6.07, 6.45) is 1.89. The van der Waals surface area contributed by atoms with E-state index in [4.69, 9.17) is 4.74 Å². The van der Waals surface area contributed by atoms with Crippen LogP contribution in [0.5, 0.6) is 5.75 Å². The van der Waals surface area contributed by atoms with Crippen LogP contribution in [0.25, 0.3) is 0 Å². The van der Waals surface area contributed by atoms with Gasteiger partial charge in [-0.3, -0.25) is 9.58 Å². The molecule has 0 spiro atoms. The highest BCUT2D eigenvalue weighted by molar-refractivity contribution is 5.33. The summed E-state index contributed by atoms with van der Waals surface area (Å²) in [6.45, 7) is 8.56. The third kappa shape index (κ3) is 3.72. The fourth-order valence-corrected chi connectivity index (χ4v) is 3.43. The minimum atomic E-state index is -0.375. The minimum absolute atomic E-state index is 0.375. The average Bonchev–Trinajstić information content (AvgIpc) is 3.36. The molecule has 1 aliphatic heterocycles. The van der Waals surface area contributed by atoms with Crippen molar-refractivity contribution in [2.45, 2.75) is 45.9 Å². The number of aryl methyl sites for hydroxylation is 2. The van der Waals surface area contributed by atoms with E-state index in [2.05, 4.69) is 46.7 Å². The largest absolute Gasteiger partial charge is 0.492 e. The first kappa shape index (κ1) is 16.6. The number of aliphatic hydroxyl groups is 1. The lowest BCUT2D eigenvalue weighted by atomic mass is 10.1. The number of aliphatic hydroxyl groups excluding tert-OH is 1. The van der Waals surface area contributed by atoms with E-state index >= 15 is 0 Å². The van der Waals surface area contributed by atoms with Gasteiger partial charge < -0.3 is 9.84 Å². The van der Waals surface area contributed by atoms with Gasteiger partial charge in [-0.05, 0) is 61.9 Å². The van der Waals surface area contributed by atoms with Gasteiger partial charge in [0.25, 0.3) is 0 Å². The van der Waals surface area contributed by atoms with E-state index in [-0.39, 0.29) is 6.10 Å². The molecule has 4 rings (SSSR count). The number of hydrogen-bond acceptors (Lipinski definition) is 4. The molecule has 1 saturated carbocycles. The molecular formula is C20H27N3O2. The Kier molecular flexibility index (Phi) is 4.52. The van der Waals surface area contributed by atoms with Crippen LogP contribution in [-0.2, 0) is 13.1 Å². The fraction of sp³-hybridized carbons (Fsp3) is 0.550. The molecule has 1 aromatic carbocycles. The smallest absolute Gasteiger partial charge is 0.119 e. The molecule has 2 heterocycles. The van der Waals surface area contributed by atoms with E-state index in [0.29, 0.717) is 12.5 Å². The maximum absolute atomic E-state index is 10.3. The van der Waals surface area contributed by atoms with Crippen molar-refractivity contribution in [3.8, 4) is 5.75 Å². The molecule has 2 aliphatic rings. The zero-order chi connectivity index (χ0) is 17.4. The van der Waals surface area contributed by atoms with Crippen LogP contribution in [0.2, 0.25) is 0 Å². The Morgan fingerprint density at radius 2 is 2.04 bits per heavy atom. The maximum Gasteiger partial charge on any atom is 0.119 e. The predicted octanol–water partition coefficient (Wildman–Crippen LogP) is 2.84. The van der Waals surface area contributed by atoms with Gasteiger partial charge in [-0.1, -0.05) is 6.07 Å². The second-order valence-corrected chi connectivity index (χ2v) is 7.44. The Morgan fingerprint density at radius 1 is 1.20 bits per heavy atom. The number of hydrogen-bond donors (Lipinski definition) is 1. The molecule has 1 aromatic heterocycles. The van der Waals surface area contributed by atoms with E-state index in [1.165, 1.54) is 16.8 Å². The number of ether oxygens (including phenoxy) is 1. The molecule has 1 N–H and O–H groups in total. The van der Waals surface area contributed by atoms with Crippen molar-refractivity contribution in [1.82, 2.24) is 14.7 Å². The fourth-order valence-electron chi connectivity index (χ4n) is 3.43. The normalized spacial score (nSPS) is 18.8. The lowest BCUT2D eigenvalue weighted by Gasteiger charge is -2.27. The zero-order valence-electron chi connectivity index (χ0n) is 15.1. The van der Waals surface area contributed by atoms with Crippen LogP contribution in [0.4, 0.5) is 0 Å². The van der Waals surface area contributed by atoms with Gasteiger partial charge in [0.15, 0.2) is 0 Å². The molecule has 1 fully saturated rings. The highest BCUT2D eigenvalue weighted by atomic mass is 16.5. The van der Waals surface area contributed by atoms with E-state index in [1.807, 2.05) is 6.07 Å². The first-order valence-electron chi connectivity index (χ1n) is 9.27. The minimum Gasteiger partial charge on any atom is -0.492 e. The summed E-state index contributed by atoms with van der Waals surface area (Å²) in [7, 11) is 0. The highest BCUT2D eigenvalue weighted by Gasteiger charge is 2.33. The van der Waals surface area contributed by atoms with Gasteiger partial charge in [0.05, 0.1) is 17.9 Å². The Bertz CT molecular complexity index is 751. The summed E-state index contributed by atoms with van der Waals surface area (Å²) in [5.41, 5.74) is 4.61. The summed E-state index contributed by atoms with van der Waals surface area (Å²) < 4.78 is 7.97. The molecule has 0 bridgehead atoms. The van der Waals surface area contributed by atoms with Gasteiger partial charge in [-0.2, -0.15) is 5.10 Å². The molecule has 134 valence electrons. The number of nitrogens with zero attached hydrogens (tertiary/aromatic N) is 3. The average molecular weight is 341 g/mol. The summed E-state index contributed by atoms with van der Waals surface area (Å²) >= 11 is 0. The molecule has 2 aromatic rings. The number of fused-ring (bicyclic) bond motifs is 1. The molecule has 5 nitrogen and oxygen atoms in total. The van der Waals surface area contributed by atoms with Crippen LogP contribution in [0.1, 0.15) is 41.5 Å². The molecule has 0 unspecified atom stereocenters. The monoisotopic (exact) mass is 341 g/mol. The maximum atomic E-state index is 10.3. The first-order chi connectivity index (χ1) is 12.1. The SMILES string of the molecule is Cc1ccc(OCCN2CCn3nc([C@@H](O)C4CC4)cc3C2)cc1C. The van der Waals surface area contributed by atoms with Crippen LogP contribution in [-0.4, -0.2) is 39.5 Å². The Labute approximate surface area is 149 Å². The van der Waals surface area contributed by atoms with Crippen LogP contribution in [0, 0.1) is 19.8 Å². The van der Waals surface area contributed by atoms with Gasteiger partial charge in [-0.25, -0.2) is 0 Å². The van der Waals surface area contributed by atoms with Gasteiger partial charge in [0.1, 0.15) is 18.5 Å².